The third kappa shape index (κ3) is 1.59. The molecule has 0 aromatic carbocycles. The molecule has 2 aliphatic heterocycles. The number of carbonyl (C=O) groups is 2. The van der Waals surface area contributed by atoms with E-state index in [2.05, 4.69) is 16.0 Å². The fraction of sp³-hybridized carbons (Fsp3) is 0.778. The van der Waals surface area contributed by atoms with Gasteiger partial charge in [-0.1, -0.05) is 0 Å². The zero-order valence-electron chi connectivity index (χ0n) is 8.06. The van der Waals surface area contributed by atoms with Gasteiger partial charge in [-0.25, -0.2) is 4.79 Å². The molecule has 2 heterocycles. The fourth-order valence-electron chi connectivity index (χ4n) is 2.16. The molecule has 0 bridgehead atoms. The quantitative estimate of drug-likeness (QED) is 0.468. The summed E-state index contributed by atoms with van der Waals surface area (Å²) in [5.41, 5.74) is -0.612. The summed E-state index contributed by atoms with van der Waals surface area (Å²) >= 11 is 0. The molecule has 5 heteroatoms. The summed E-state index contributed by atoms with van der Waals surface area (Å²) in [5, 5.41) is 8.35. The van der Waals surface area contributed by atoms with E-state index in [1.54, 1.807) is 0 Å². The van der Waals surface area contributed by atoms with Gasteiger partial charge in [0.1, 0.15) is 5.54 Å². The Labute approximate surface area is 82.6 Å². The van der Waals surface area contributed by atoms with Gasteiger partial charge in [0.15, 0.2) is 0 Å². The lowest BCUT2D eigenvalue weighted by atomic mass is 9.87. The second-order valence-electron chi connectivity index (χ2n) is 3.95. The summed E-state index contributed by atoms with van der Waals surface area (Å²) in [7, 11) is 0. The van der Waals surface area contributed by atoms with E-state index >= 15 is 0 Å². The van der Waals surface area contributed by atoms with Crippen LogP contribution < -0.4 is 16.0 Å². The number of amides is 3. The molecular formula is C9H15N3O2. The molecule has 2 saturated heterocycles. The second-order valence-corrected chi connectivity index (χ2v) is 3.95. The smallest absolute Gasteiger partial charge is 0.322 e. The van der Waals surface area contributed by atoms with E-state index in [4.69, 9.17) is 0 Å². The SMILES string of the molecule is O=C1NC(=O)C2(CCCNCCC2)N1. The van der Waals surface area contributed by atoms with Crippen LogP contribution in [0.3, 0.4) is 0 Å². The highest BCUT2D eigenvalue weighted by Crippen LogP contribution is 2.24. The molecule has 2 aliphatic rings. The van der Waals surface area contributed by atoms with Gasteiger partial charge < -0.3 is 10.6 Å². The third-order valence-corrected chi connectivity index (χ3v) is 2.93. The number of hydrogen-bond acceptors (Lipinski definition) is 3. The average molecular weight is 197 g/mol. The molecule has 0 atom stereocenters. The number of carbonyl (C=O) groups excluding carboxylic acids is 2. The summed E-state index contributed by atoms with van der Waals surface area (Å²) < 4.78 is 0. The lowest BCUT2D eigenvalue weighted by molar-refractivity contribution is -0.124. The van der Waals surface area contributed by atoms with E-state index in [-0.39, 0.29) is 11.9 Å². The van der Waals surface area contributed by atoms with Crippen molar-refractivity contribution in [2.45, 2.75) is 31.2 Å². The predicted molar refractivity (Wildman–Crippen MR) is 50.7 cm³/mol. The Morgan fingerprint density at radius 2 is 1.71 bits per heavy atom. The van der Waals surface area contributed by atoms with Crippen molar-refractivity contribution in [3.8, 4) is 0 Å². The zero-order valence-corrected chi connectivity index (χ0v) is 8.06. The normalized spacial score (nSPS) is 26.6. The minimum Gasteiger partial charge on any atom is -0.323 e. The van der Waals surface area contributed by atoms with Gasteiger partial charge in [0.05, 0.1) is 0 Å². The molecule has 2 rings (SSSR count). The van der Waals surface area contributed by atoms with Crippen molar-refractivity contribution in [3.63, 3.8) is 0 Å². The molecule has 3 amide bonds. The van der Waals surface area contributed by atoms with Gasteiger partial charge in [-0.05, 0) is 38.8 Å². The molecule has 0 radical (unpaired) electrons. The minimum atomic E-state index is -0.612. The molecule has 2 fully saturated rings. The van der Waals surface area contributed by atoms with E-state index in [9.17, 15) is 9.59 Å². The summed E-state index contributed by atoms with van der Waals surface area (Å²) in [5.74, 6) is -0.149. The first kappa shape index (κ1) is 9.45. The molecule has 0 aliphatic carbocycles. The Hall–Kier alpha value is -1.10. The largest absolute Gasteiger partial charge is 0.323 e. The van der Waals surface area contributed by atoms with Crippen molar-refractivity contribution in [2.75, 3.05) is 13.1 Å². The third-order valence-electron chi connectivity index (χ3n) is 2.93. The standard InChI is InChI=1S/C9H15N3O2/c13-7-9(12-8(14)11-7)3-1-5-10-6-2-4-9/h10H,1-6H2,(H2,11,12,13,14). The van der Waals surface area contributed by atoms with Gasteiger partial charge in [0, 0.05) is 0 Å². The van der Waals surface area contributed by atoms with E-state index in [0.29, 0.717) is 0 Å². The maximum Gasteiger partial charge on any atom is 0.322 e. The van der Waals surface area contributed by atoms with E-state index in [0.717, 1.165) is 38.8 Å². The number of rotatable bonds is 0. The first-order chi connectivity index (χ1) is 6.73. The lowest BCUT2D eigenvalue weighted by Gasteiger charge is -2.28. The molecule has 0 saturated carbocycles. The molecule has 1 spiro atoms. The summed E-state index contributed by atoms with van der Waals surface area (Å²) in [6.45, 7) is 1.84. The van der Waals surface area contributed by atoms with Crippen molar-refractivity contribution in [1.29, 1.82) is 0 Å². The molecule has 5 nitrogen and oxygen atoms in total. The first-order valence-corrected chi connectivity index (χ1v) is 5.07. The highest BCUT2D eigenvalue weighted by molar-refractivity contribution is 6.06. The number of hydrogen-bond donors (Lipinski definition) is 3. The molecule has 14 heavy (non-hydrogen) atoms. The van der Waals surface area contributed by atoms with Gasteiger partial charge >= 0.3 is 6.03 Å². The Kier molecular flexibility index (Phi) is 2.41. The Morgan fingerprint density at radius 1 is 1.07 bits per heavy atom. The lowest BCUT2D eigenvalue weighted by Crippen LogP contribution is -2.48. The molecule has 0 aromatic rings. The highest BCUT2D eigenvalue weighted by Gasteiger charge is 2.45. The topological polar surface area (TPSA) is 70.2 Å². The van der Waals surface area contributed by atoms with Crippen molar-refractivity contribution in [2.24, 2.45) is 0 Å². The Balaban J connectivity index is 2.11. The predicted octanol–water partition coefficient (Wildman–Crippen LogP) is -0.272. The van der Waals surface area contributed by atoms with E-state index < -0.39 is 5.54 Å². The van der Waals surface area contributed by atoms with Gasteiger partial charge in [-0.2, -0.15) is 0 Å². The van der Waals surface area contributed by atoms with Crippen LogP contribution >= 0.6 is 0 Å². The Bertz CT molecular complexity index is 257. The monoisotopic (exact) mass is 197 g/mol. The van der Waals surface area contributed by atoms with Crippen molar-refractivity contribution >= 4 is 11.9 Å². The van der Waals surface area contributed by atoms with Crippen LogP contribution in [0.25, 0.3) is 0 Å². The van der Waals surface area contributed by atoms with Crippen LogP contribution in [-0.4, -0.2) is 30.6 Å². The van der Waals surface area contributed by atoms with Crippen LogP contribution in [-0.2, 0) is 4.79 Å². The van der Waals surface area contributed by atoms with Crippen LogP contribution in [0.15, 0.2) is 0 Å². The number of urea groups is 1. The molecule has 0 unspecified atom stereocenters. The average Bonchev–Trinajstić information content (AvgIpc) is 2.36. The Morgan fingerprint density at radius 3 is 2.21 bits per heavy atom. The van der Waals surface area contributed by atoms with Crippen LogP contribution in [0.4, 0.5) is 4.79 Å². The molecular weight excluding hydrogens is 182 g/mol. The van der Waals surface area contributed by atoms with Crippen LogP contribution in [0.1, 0.15) is 25.7 Å². The summed E-state index contributed by atoms with van der Waals surface area (Å²) in [4.78, 5) is 22.7. The molecule has 78 valence electrons. The van der Waals surface area contributed by atoms with Crippen LogP contribution in [0.5, 0.6) is 0 Å². The summed E-state index contributed by atoms with van der Waals surface area (Å²) in [6, 6.07) is -0.344. The molecule has 0 aromatic heterocycles. The van der Waals surface area contributed by atoms with Gasteiger partial charge in [-0.15, -0.1) is 0 Å². The number of nitrogens with one attached hydrogen (secondary N) is 3. The van der Waals surface area contributed by atoms with Gasteiger partial charge in [0.25, 0.3) is 5.91 Å². The first-order valence-electron chi connectivity index (χ1n) is 5.07. The number of imide groups is 1. The van der Waals surface area contributed by atoms with Crippen molar-refractivity contribution in [3.05, 3.63) is 0 Å². The van der Waals surface area contributed by atoms with Crippen LogP contribution in [0.2, 0.25) is 0 Å². The second kappa shape index (κ2) is 3.57. The summed E-state index contributed by atoms with van der Waals surface area (Å²) in [6.07, 6.45) is 3.32. The van der Waals surface area contributed by atoms with E-state index in [1.807, 2.05) is 0 Å². The molecule has 3 N–H and O–H groups in total. The fourth-order valence-corrected chi connectivity index (χ4v) is 2.16. The van der Waals surface area contributed by atoms with Gasteiger partial charge in [-0.3, -0.25) is 10.1 Å². The van der Waals surface area contributed by atoms with Crippen LogP contribution in [0, 0.1) is 0 Å². The maximum absolute atomic E-state index is 11.6. The maximum atomic E-state index is 11.6. The minimum absolute atomic E-state index is 0.149. The highest BCUT2D eigenvalue weighted by atomic mass is 16.2. The van der Waals surface area contributed by atoms with E-state index in [1.165, 1.54) is 0 Å². The van der Waals surface area contributed by atoms with Gasteiger partial charge in [0.2, 0.25) is 0 Å². The van der Waals surface area contributed by atoms with Crippen molar-refractivity contribution in [1.82, 2.24) is 16.0 Å². The van der Waals surface area contributed by atoms with Crippen molar-refractivity contribution < 1.29 is 9.59 Å². The zero-order chi connectivity index (χ0) is 10.0.